The van der Waals surface area contributed by atoms with Gasteiger partial charge in [-0.05, 0) is 26.8 Å². The molecule has 0 bridgehead atoms. The van der Waals surface area contributed by atoms with Crippen LogP contribution >= 0.6 is 11.6 Å². The molecule has 0 aliphatic rings. The van der Waals surface area contributed by atoms with Crippen molar-refractivity contribution in [3.63, 3.8) is 0 Å². The summed E-state index contributed by atoms with van der Waals surface area (Å²) >= 11 is 6.32. The molecule has 1 aromatic carbocycles. The first-order chi connectivity index (χ1) is 9.06. The average Bonchev–Trinajstić information content (AvgIpc) is 2.80. The zero-order chi connectivity index (χ0) is 13.6. The van der Waals surface area contributed by atoms with Gasteiger partial charge in [-0.15, -0.1) is 0 Å². The predicted molar refractivity (Wildman–Crippen MR) is 77.6 cm³/mol. The molecule has 0 atom stereocenters. The molecule has 0 N–H and O–H groups in total. The average molecular weight is 272 g/mol. The van der Waals surface area contributed by atoms with E-state index in [1.165, 1.54) is 5.56 Å². The summed E-state index contributed by atoms with van der Waals surface area (Å²) in [6, 6.07) is 10.2. The highest BCUT2D eigenvalue weighted by Crippen LogP contribution is 2.24. The van der Waals surface area contributed by atoms with Gasteiger partial charge in [0.2, 0.25) is 0 Å². The maximum atomic E-state index is 6.32. The van der Waals surface area contributed by atoms with E-state index in [0.717, 1.165) is 28.2 Å². The summed E-state index contributed by atoms with van der Waals surface area (Å²) in [4.78, 5) is 4.52. The Bertz CT molecular complexity index is 774. The second-order valence-electron chi connectivity index (χ2n) is 4.78. The molecule has 0 radical (unpaired) electrons. The minimum atomic E-state index is 0.626. The van der Waals surface area contributed by atoms with Crippen molar-refractivity contribution in [3.05, 3.63) is 52.3 Å². The minimum absolute atomic E-state index is 0.626. The third kappa shape index (κ3) is 2.00. The summed E-state index contributed by atoms with van der Waals surface area (Å²) in [6.45, 7) is 5.98. The van der Waals surface area contributed by atoms with Crippen molar-refractivity contribution in [3.8, 4) is 11.3 Å². The number of fused-ring (bicyclic) bond motifs is 1. The van der Waals surface area contributed by atoms with Crippen LogP contribution in [0.3, 0.4) is 0 Å². The van der Waals surface area contributed by atoms with Crippen molar-refractivity contribution in [1.82, 2.24) is 14.6 Å². The molecule has 2 heterocycles. The van der Waals surface area contributed by atoms with Crippen LogP contribution in [0.1, 0.15) is 16.8 Å². The summed E-state index contributed by atoms with van der Waals surface area (Å²) in [5, 5.41) is 5.17. The van der Waals surface area contributed by atoms with E-state index in [0.29, 0.717) is 5.15 Å². The van der Waals surface area contributed by atoms with Gasteiger partial charge in [-0.2, -0.15) is 5.10 Å². The topological polar surface area (TPSA) is 30.2 Å². The van der Waals surface area contributed by atoms with Gasteiger partial charge >= 0.3 is 0 Å². The molecule has 0 aliphatic carbocycles. The molecule has 0 unspecified atom stereocenters. The Hall–Kier alpha value is -1.87. The van der Waals surface area contributed by atoms with Crippen molar-refractivity contribution in [2.24, 2.45) is 0 Å². The van der Waals surface area contributed by atoms with Crippen LogP contribution in [-0.4, -0.2) is 14.6 Å². The van der Waals surface area contributed by atoms with Crippen molar-refractivity contribution in [2.75, 3.05) is 0 Å². The molecule has 3 aromatic rings. The summed E-state index contributed by atoms with van der Waals surface area (Å²) in [5.41, 5.74) is 5.87. The zero-order valence-electron chi connectivity index (χ0n) is 11.1. The molecular weight excluding hydrogens is 258 g/mol. The number of halogens is 1. The van der Waals surface area contributed by atoms with Crippen LogP contribution < -0.4 is 0 Å². The lowest BCUT2D eigenvalue weighted by molar-refractivity contribution is 0.919. The summed E-state index contributed by atoms with van der Waals surface area (Å²) < 4.78 is 1.70. The summed E-state index contributed by atoms with van der Waals surface area (Å²) in [7, 11) is 0. The Morgan fingerprint density at radius 1 is 1.11 bits per heavy atom. The Morgan fingerprint density at radius 3 is 2.63 bits per heavy atom. The number of aryl methyl sites for hydroxylation is 2. The van der Waals surface area contributed by atoms with E-state index < -0.39 is 0 Å². The van der Waals surface area contributed by atoms with Gasteiger partial charge in [0.25, 0.3) is 0 Å². The van der Waals surface area contributed by atoms with E-state index in [1.54, 1.807) is 4.52 Å². The lowest BCUT2D eigenvalue weighted by Gasteiger charge is -2.03. The van der Waals surface area contributed by atoms with Crippen LogP contribution in [0.4, 0.5) is 0 Å². The molecule has 2 aromatic heterocycles. The van der Waals surface area contributed by atoms with Gasteiger partial charge in [-0.25, -0.2) is 9.50 Å². The molecular formula is C15H14ClN3. The molecule has 0 aliphatic heterocycles. The van der Waals surface area contributed by atoms with Crippen LogP contribution in [0.5, 0.6) is 0 Å². The molecule has 19 heavy (non-hydrogen) atoms. The maximum absolute atomic E-state index is 6.32. The van der Waals surface area contributed by atoms with Crippen molar-refractivity contribution >= 4 is 17.2 Å². The Balaban J connectivity index is 2.25. The van der Waals surface area contributed by atoms with Crippen LogP contribution in [0.15, 0.2) is 30.3 Å². The first-order valence-corrected chi connectivity index (χ1v) is 6.53. The van der Waals surface area contributed by atoms with Gasteiger partial charge in [0.1, 0.15) is 5.15 Å². The minimum Gasteiger partial charge on any atom is -0.233 e. The smallest absolute Gasteiger partial charge is 0.157 e. The standard InChI is InChI=1S/C15H14ClN3/c1-9-5-4-6-12(7-9)13-8-14-17-11(3)10(2)15(16)19(14)18-13/h4-8H,1-3H3. The van der Waals surface area contributed by atoms with Gasteiger partial charge in [0.15, 0.2) is 5.65 Å². The fourth-order valence-corrected chi connectivity index (χ4v) is 2.37. The quantitative estimate of drug-likeness (QED) is 0.627. The third-order valence-corrected chi connectivity index (χ3v) is 3.77. The van der Waals surface area contributed by atoms with Gasteiger partial charge in [0.05, 0.1) is 5.69 Å². The number of aromatic nitrogens is 3. The van der Waals surface area contributed by atoms with Gasteiger partial charge in [-0.1, -0.05) is 35.4 Å². The molecule has 3 rings (SSSR count). The second kappa shape index (κ2) is 4.35. The molecule has 96 valence electrons. The number of nitrogens with zero attached hydrogens (tertiary/aromatic N) is 3. The number of hydrogen-bond acceptors (Lipinski definition) is 2. The van der Waals surface area contributed by atoms with E-state index in [9.17, 15) is 0 Å². The zero-order valence-corrected chi connectivity index (χ0v) is 11.9. The molecule has 4 heteroatoms. The first kappa shape index (κ1) is 12.2. The van der Waals surface area contributed by atoms with Crippen LogP contribution in [-0.2, 0) is 0 Å². The molecule has 0 saturated heterocycles. The van der Waals surface area contributed by atoms with E-state index in [1.807, 2.05) is 32.0 Å². The monoisotopic (exact) mass is 271 g/mol. The maximum Gasteiger partial charge on any atom is 0.157 e. The fraction of sp³-hybridized carbons (Fsp3) is 0.200. The molecule has 0 spiro atoms. The largest absolute Gasteiger partial charge is 0.233 e. The summed E-state index contributed by atoms with van der Waals surface area (Å²) in [5.74, 6) is 0. The van der Waals surface area contributed by atoms with Gasteiger partial charge in [0, 0.05) is 22.9 Å². The predicted octanol–water partition coefficient (Wildman–Crippen LogP) is 3.97. The molecule has 0 amide bonds. The Kier molecular flexibility index (Phi) is 2.79. The Morgan fingerprint density at radius 2 is 1.89 bits per heavy atom. The lowest BCUT2D eigenvalue weighted by atomic mass is 10.1. The first-order valence-electron chi connectivity index (χ1n) is 6.16. The van der Waals surface area contributed by atoms with Crippen molar-refractivity contribution < 1.29 is 0 Å². The highest BCUT2D eigenvalue weighted by Gasteiger charge is 2.11. The van der Waals surface area contributed by atoms with E-state index >= 15 is 0 Å². The van der Waals surface area contributed by atoms with Crippen LogP contribution in [0.25, 0.3) is 16.9 Å². The molecule has 3 nitrogen and oxygen atoms in total. The number of hydrogen-bond donors (Lipinski definition) is 0. The SMILES string of the molecule is Cc1cccc(-c2cc3nc(C)c(C)c(Cl)n3n2)c1. The van der Waals surface area contributed by atoms with E-state index in [4.69, 9.17) is 11.6 Å². The van der Waals surface area contributed by atoms with Crippen LogP contribution in [0, 0.1) is 20.8 Å². The van der Waals surface area contributed by atoms with E-state index in [-0.39, 0.29) is 0 Å². The fourth-order valence-electron chi connectivity index (χ4n) is 2.10. The van der Waals surface area contributed by atoms with Crippen LogP contribution in [0.2, 0.25) is 5.15 Å². The second-order valence-corrected chi connectivity index (χ2v) is 5.14. The van der Waals surface area contributed by atoms with Gasteiger partial charge < -0.3 is 0 Å². The molecule has 0 fully saturated rings. The van der Waals surface area contributed by atoms with Crippen molar-refractivity contribution in [2.45, 2.75) is 20.8 Å². The summed E-state index contributed by atoms with van der Waals surface area (Å²) in [6.07, 6.45) is 0. The van der Waals surface area contributed by atoms with Gasteiger partial charge in [-0.3, -0.25) is 0 Å². The normalized spacial score (nSPS) is 11.2. The highest BCUT2D eigenvalue weighted by atomic mass is 35.5. The van der Waals surface area contributed by atoms with E-state index in [2.05, 4.69) is 29.1 Å². The number of benzene rings is 1. The van der Waals surface area contributed by atoms with Crippen molar-refractivity contribution in [1.29, 1.82) is 0 Å². The highest BCUT2D eigenvalue weighted by molar-refractivity contribution is 6.30. The third-order valence-electron chi connectivity index (χ3n) is 3.32. The molecule has 0 saturated carbocycles. The Labute approximate surface area is 116 Å². The number of rotatable bonds is 1. The lowest BCUT2D eigenvalue weighted by Crippen LogP contribution is -1.98.